The van der Waals surface area contributed by atoms with Gasteiger partial charge >= 0.3 is 12.0 Å². The molecule has 0 bridgehead atoms. The lowest BCUT2D eigenvalue weighted by Gasteiger charge is -2.34. The minimum Gasteiger partial charge on any atom is -0.462 e. The number of carbonyl (C=O) groups excluding carboxylic acids is 4. The van der Waals surface area contributed by atoms with E-state index in [-0.39, 0.29) is 23.8 Å². The van der Waals surface area contributed by atoms with E-state index in [2.05, 4.69) is 17.6 Å². The van der Waals surface area contributed by atoms with Gasteiger partial charge in [-0.05, 0) is 50.7 Å². The summed E-state index contributed by atoms with van der Waals surface area (Å²) >= 11 is 0. The number of urea groups is 1. The molecule has 3 rings (SSSR count). The molecule has 8 nitrogen and oxygen atoms in total. The average Bonchev–Trinajstić information content (AvgIpc) is 2.93. The first-order chi connectivity index (χ1) is 13.9. The molecule has 1 saturated carbocycles. The lowest BCUT2D eigenvalue weighted by molar-refractivity contribution is -0.135. The van der Waals surface area contributed by atoms with Crippen LogP contribution in [0.15, 0.2) is 24.3 Å². The van der Waals surface area contributed by atoms with E-state index in [1.807, 2.05) is 0 Å². The fraction of sp³-hybridized carbons (Fsp3) is 0.524. The van der Waals surface area contributed by atoms with Crippen molar-refractivity contribution in [1.29, 1.82) is 0 Å². The van der Waals surface area contributed by atoms with Gasteiger partial charge in [0.2, 0.25) is 5.91 Å². The fourth-order valence-corrected chi connectivity index (χ4v) is 4.05. The molecule has 1 saturated heterocycles. The molecule has 0 radical (unpaired) electrons. The molecule has 1 aliphatic carbocycles. The Bertz CT molecular complexity index is 814. The van der Waals surface area contributed by atoms with Crippen LogP contribution in [0.1, 0.15) is 56.3 Å². The zero-order valence-corrected chi connectivity index (χ0v) is 16.8. The number of hydrogen-bond acceptors (Lipinski definition) is 5. The summed E-state index contributed by atoms with van der Waals surface area (Å²) in [4.78, 5) is 50.9. The highest BCUT2D eigenvalue weighted by atomic mass is 16.5. The van der Waals surface area contributed by atoms with Gasteiger partial charge in [0.15, 0.2) is 0 Å². The number of carbonyl (C=O) groups is 4. The van der Waals surface area contributed by atoms with Crippen LogP contribution in [-0.4, -0.2) is 47.4 Å². The number of nitrogens with zero attached hydrogens (tertiary/aromatic N) is 1. The SMILES string of the molecule is CCOC(=O)c1ccccc1NC(=O)CN1C(=O)NC2(CCC(CC)CC2)C1=O. The van der Waals surface area contributed by atoms with E-state index < -0.39 is 30.0 Å². The summed E-state index contributed by atoms with van der Waals surface area (Å²) in [5.74, 6) is -0.873. The van der Waals surface area contributed by atoms with Crippen LogP contribution in [0.4, 0.5) is 10.5 Å². The molecular weight excluding hydrogens is 374 g/mol. The third-order valence-corrected chi connectivity index (χ3v) is 5.78. The lowest BCUT2D eigenvalue weighted by atomic mass is 9.75. The number of ether oxygens (including phenoxy) is 1. The van der Waals surface area contributed by atoms with E-state index in [0.717, 1.165) is 24.2 Å². The summed E-state index contributed by atoms with van der Waals surface area (Å²) in [6.07, 6.45) is 4.02. The molecule has 1 aliphatic heterocycles. The van der Waals surface area contributed by atoms with E-state index in [0.29, 0.717) is 18.8 Å². The molecule has 0 unspecified atom stereocenters. The number of nitrogens with one attached hydrogen (secondary N) is 2. The number of anilines is 1. The predicted molar refractivity (Wildman–Crippen MR) is 106 cm³/mol. The van der Waals surface area contributed by atoms with Gasteiger partial charge in [0.25, 0.3) is 5.91 Å². The van der Waals surface area contributed by atoms with Crippen molar-refractivity contribution in [3.05, 3.63) is 29.8 Å². The Morgan fingerprint density at radius 1 is 1.21 bits per heavy atom. The molecule has 1 aromatic carbocycles. The Labute approximate surface area is 170 Å². The first-order valence-corrected chi connectivity index (χ1v) is 10.1. The topological polar surface area (TPSA) is 105 Å². The summed E-state index contributed by atoms with van der Waals surface area (Å²) in [6, 6.07) is 5.91. The van der Waals surface area contributed by atoms with E-state index in [9.17, 15) is 19.2 Å². The van der Waals surface area contributed by atoms with Gasteiger partial charge in [0.1, 0.15) is 12.1 Å². The van der Waals surface area contributed by atoms with Crippen molar-refractivity contribution >= 4 is 29.5 Å². The molecule has 156 valence electrons. The number of para-hydroxylation sites is 1. The van der Waals surface area contributed by atoms with Crippen LogP contribution in [-0.2, 0) is 14.3 Å². The molecule has 2 fully saturated rings. The number of esters is 1. The average molecular weight is 401 g/mol. The van der Waals surface area contributed by atoms with Crippen molar-refractivity contribution in [2.45, 2.75) is 51.5 Å². The largest absolute Gasteiger partial charge is 0.462 e. The van der Waals surface area contributed by atoms with Crippen LogP contribution in [0.5, 0.6) is 0 Å². The van der Waals surface area contributed by atoms with Gasteiger partial charge in [-0.15, -0.1) is 0 Å². The highest BCUT2D eigenvalue weighted by molar-refractivity contribution is 6.10. The van der Waals surface area contributed by atoms with Gasteiger partial charge in [0.05, 0.1) is 17.9 Å². The van der Waals surface area contributed by atoms with Crippen molar-refractivity contribution < 1.29 is 23.9 Å². The van der Waals surface area contributed by atoms with Crippen molar-refractivity contribution in [3.63, 3.8) is 0 Å². The molecule has 8 heteroatoms. The lowest BCUT2D eigenvalue weighted by Crippen LogP contribution is -2.49. The van der Waals surface area contributed by atoms with Crippen molar-refractivity contribution in [2.75, 3.05) is 18.5 Å². The maximum atomic E-state index is 12.9. The molecular formula is C21H27N3O5. The van der Waals surface area contributed by atoms with Gasteiger partial charge in [-0.2, -0.15) is 0 Å². The first kappa shape index (κ1) is 20.8. The van der Waals surface area contributed by atoms with Crippen LogP contribution >= 0.6 is 0 Å². The predicted octanol–water partition coefficient (Wildman–Crippen LogP) is 2.69. The van der Waals surface area contributed by atoms with Crippen molar-refractivity contribution in [3.8, 4) is 0 Å². The van der Waals surface area contributed by atoms with Gasteiger partial charge in [-0.3, -0.25) is 14.5 Å². The standard InChI is InChI=1S/C21H27N3O5/c1-3-14-9-11-21(12-10-14)19(27)24(20(28)23-21)13-17(25)22-16-8-6-5-7-15(16)18(26)29-4-2/h5-8,14H,3-4,9-13H2,1-2H3,(H,22,25)(H,23,28). The second-order valence-corrected chi connectivity index (χ2v) is 7.57. The van der Waals surface area contributed by atoms with E-state index in [4.69, 9.17) is 4.74 Å². The van der Waals surface area contributed by atoms with Crippen LogP contribution in [0, 0.1) is 5.92 Å². The molecule has 1 spiro atoms. The minimum absolute atomic E-state index is 0.213. The molecule has 2 N–H and O–H groups in total. The smallest absolute Gasteiger partial charge is 0.340 e. The zero-order valence-electron chi connectivity index (χ0n) is 16.8. The maximum absolute atomic E-state index is 12.9. The first-order valence-electron chi connectivity index (χ1n) is 10.1. The molecule has 1 aromatic rings. The normalized spacial score (nSPS) is 23.8. The third-order valence-electron chi connectivity index (χ3n) is 5.78. The molecule has 0 aromatic heterocycles. The molecule has 0 atom stereocenters. The molecule has 29 heavy (non-hydrogen) atoms. The Hall–Kier alpha value is -2.90. The quantitative estimate of drug-likeness (QED) is 0.563. The van der Waals surface area contributed by atoms with Crippen LogP contribution < -0.4 is 10.6 Å². The zero-order chi connectivity index (χ0) is 21.0. The van der Waals surface area contributed by atoms with Crippen LogP contribution in [0.2, 0.25) is 0 Å². The summed E-state index contributed by atoms with van der Waals surface area (Å²) in [5, 5.41) is 5.42. The maximum Gasteiger partial charge on any atom is 0.340 e. The van der Waals surface area contributed by atoms with Crippen LogP contribution in [0.3, 0.4) is 0 Å². The Morgan fingerprint density at radius 2 is 1.90 bits per heavy atom. The Balaban J connectivity index is 1.67. The second-order valence-electron chi connectivity index (χ2n) is 7.57. The Kier molecular flexibility index (Phi) is 6.20. The van der Waals surface area contributed by atoms with Crippen LogP contribution in [0.25, 0.3) is 0 Å². The van der Waals surface area contributed by atoms with Gasteiger partial charge < -0.3 is 15.4 Å². The monoisotopic (exact) mass is 401 g/mol. The molecule has 2 aliphatic rings. The summed E-state index contributed by atoms with van der Waals surface area (Å²) < 4.78 is 4.99. The summed E-state index contributed by atoms with van der Waals surface area (Å²) in [7, 11) is 0. The van der Waals surface area contributed by atoms with Crippen molar-refractivity contribution in [1.82, 2.24) is 10.2 Å². The molecule has 1 heterocycles. The number of hydrogen-bond donors (Lipinski definition) is 2. The van der Waals surface area contributed by atoms with E-state index in [1.54, 1.807) is 31.2 Å². The second kappa shape index (κ2) is 8.63. The van der Waals surface area contributed by atoms with E-state index in [1.165, 1.54) is 0 Å². The highest BCUT2D eigenvalue weighted by Crippen LogP contribution is 2.37. The summed E-state index contributed by atoms with van der Waals surface area (Å²) in [5.41, 5.74) is -0.387. The number of imide groups is 1. The Morgan fingerprint density at radius 3 is 2.55 bits per heavy atom. The number of benzene rings is 1. The van der Waals surface area contributed by atoms with Gasteiger partial charge in [0, 0.05) is 0 Å². The number of rotatable bonds is 6. The minimum atomic E-state index is -0.883. The third kappa shape index (κ3) is 4.26. The van der Waals surface area contributed by atoms with Crippen molar-refractivity contribution in [2.24, 2.45) is 5.92 Å². The van der Waals surface area contributed by atoms with Gasteiger partial charge in [-0.25, -0.2) is 9.59 Å². The summed E-state index contributed by atoms with van der Waals surface area (Å²) in [6.45, 7) is 3.63. The van der Waals surface area contributed by atoms with Gasteiger partial charge in [-0.1, -0.05) is 25.5 Å². The van der Waals surface area contributed by atoms with E-state index >= 15 is 0 Å². The fourth-order valence-electron chi connectivity index (χ4n) is 4.05. The highest BCUT2D eigenvalue weighted by Gasteiger charge is 2.52. The molecule has 4 amide bonds. The number of amides is 4.